The van der Waals surface area contributed by atoms with Crippen LogP contribution in [0.25, 0.3) is 0 Å². The van der Waals surface area contributed by atoms with E-state index in [1.54, 1.807) is 11.9 Å². The van der Waals surface area contributed by atoms with E-state index in [9.17, 15) is 4.79 Å². The first-order valence-electron chi connectivity index (χ1n) is 5.57. The summed E-state index contributed by atoms with van der Waals surface area (Å²) in [4.78, 5) is 13.4. The molecule has 1 amide bonds. The van der Waals surface area contributed by atoms with Crippen molar-refractivity contribution in [2.24, 2.45) is 0 Å². The second kappa shape index (κ2) is 6.33. The predicted octanol–water partition coefficient (Wildman–Crippen LogP) is 1.55. The molecule has 0 saturated heterocycles. The first-order valence-corrected chi connectivity index (χ1v) is 5.57. The Labute approximate surface area is 96.6 Å². The average molecular weight is 224 g/mol. The van der Waals surface area contributed by atoms with Crippen molar-refractivity contribution in [1.29, 1.82) is 0 Å². The fourth-order valence-corrected chi connectivity index (χ4v) is 1.50. The molecule has 0 aliphatic rings. The van der Waals surface area contributed by atoms with Crippen LogP contribution in [0.1, 0.15) is 24.4 Å². The number of hydrogen-bond donors (Lipinski definition) is 1. The molecule has 4 nitrogen and oxygen atoms in total. The van der Waals surface area contributed by atoms with Gasteiger partial charge in [-0.25, -0.2) is 0 Å². The minimum absolute atomic E-state index is 0.157. The molecule has 1 N–H and O–H groups in total. The number of nitrogens with zero attached hydrogens (tertiary/aromatic N) is 1. The molecule has 0 unspecified atom stereocenters. The molecule has 0 fully saturated rings. The summed E-state index contributed by atoms with van der Waals surface area (Å²) in [7, 11) is 3.69. The molecule has 16 heavy (non-hydrogen) atoms. The van der Waals surface area contributed by atoms with Crippen LogP contribution in [0.3, 0.4) is 0 Å². The summed E-state index contributed by atoms with van der Waals surface area (Å²) < 4.78 is 5.42. The number of hydrogen-bond acceptors (Lipinski definition) is 3. The zero-order valence-corrected chi connectivity index (χ0v) is 10.2. The molecule has 0 spiro atoms. The van der Waals surface area contributed by atoms with E-state index >= 15 is 0 Å². The molecule has 0 aliphatic carbocycles. The number of furan rings is 1. The molecular formula is C12H20N2O2. The number of rotatable bonds is 6. The molecule has 1 rings (SSSR count). The Morgan fingerprint density at radius 2 is 2.25 bits per heavy atom. The number of nitrogens with one attached hydrogen (secondary N) is 1. The predicted molar refractivity (Wildman–Crippen MR) is 63.1 cm³/mol. The van der Waals surface area contributed by atoms with Crippen molar-refractivity contribution in [3.63, 3.8) is 0 Å². The van der Waals surface area contributed by atoms with Crippen molar-refractivity contribution in [3.8, 4) is 0 Å². The van der Waals surface area contributed by atoms with E-state index in [1.807, 2.05) is 26.1 Å². The Bertz CT molecular complexity index is 334. The minimum Gasteiger partial charge on any atom is -0.464 e. The van der Waals surface area contributed by atoms with Crippen LogP contribution in [0.15, 0.2) is 16.5 Å². The average Bonchev–Trinajstić information content (AvgIpc) is 2.64. The van der Waals surface area contributed by atoms with E-state index in [0.717, 1.165) is 24.5 Å². The summed E-state index contributed by atoms with van der Waals surface area (Å²) in [6, 6.07) is 3.82. The molecule has 90 valence electrons. The lowest BCUT2D eigenvalue weighted by atomic mass is 10.2. The Morgan fingerprint density at radius 1 is 1.50 bits per heavy atom. The van der Waals surface area contributed by atoms with Gasteiger partial charge in [-0.1, -0.05) is 0 Å². The molecule has 4 heteroatoms. The molecule has 0 radical (unpaired) electrons. The van der Waals surface area contributed by atoms with E-state index in [-0.39, 0.29) is 5.91 Å². The number of aryl methyl sites for hydroxylation is 1. The summed E-state index contributed by atoms with van der Waals surface area (Å²) in [6.45, 7) is 3.32. The van der Waals surface area contributed by atoms with Gasteiger partial charge in [0.2, 0.25) is 5.91 Å². The van der Waals surface area contributed by atoms with E-state index in [0.29, 0.717) is 13.0 Å². The highest BCUT2D eigenvalue weighted by atomic mass is 16.3. The molecular weight excluding hydrogens is 204 g/mol. The van der Waals surface area contributed by atoms with Crippen molar-refractivity contribution >= 4 is 5.91 Å². The maximum Gasteiger partial charge on any atom is 0.222 e. The highest BCUT2D eigenvalue weighted by molar-refractivity contribution is 5.75. The van der Waals surface area contributed by atoms with Gasteiger partial charge in [0.15, 0.2) is 0 Å². The van der Waals surface area contributed by atoms with Crippen LogP contribution >= 0.6 is 0 Å². The Morgan fingerprint density at radius 3 is 2.81 bits per heavy atom. The van der Waals surface area contributed by atoms with Crippen molar-refractivity contribution in [2.45, 2.75) is 26.3 Å². The van der Waals surface area contributed by atoms with Gasteiger partial charge >= 0.3 is 0 Å². The number of amides is 1. The lowest BCUT2D eigenvalue weighted by Crippen LogP contribution is -2.26. The van der Waals surface area contributed by atoms with Gasteiger partial charge < -0.3 is 14.6 Å². The smallest absolute Gasteiger partial charge is 0.222 e. The Balaban J connectivity index is 2.34. The second-order valence-corrected chi connectivity index (χ2v) is 3.97. The van der Waals surface area contributed by atoms with Crippen molar-refractivity contribution in [3.05, 3.63) is 23.7 Å². The van der Waals surface area contributed by atoms with Gasteiger partial charge in [0, 0.05) is 13.5 Å². The third-order valence-corrected chi connectivity index (χ3v) is 2.43. The standard InChI is InChI=1S/C12H20N2O2/c1-10-6-7-11(16-10)9-14(3)12(15)5-4-8-13-2/h6-7,13H,4-5,8-9H2,1-3H3. The van der Waals surface area contributed by atoms with Crippen molar-refractivity contribution < 1.29 is 9.21 Å². The first kappa shape index (κ1) is 12.8. The zero-order chi connectivity index (χ0) is 12.0. The van der Waals surface area contributed by atoms with Gasteiger partial charge in [0.1, 0.15) is 11.5 Å². The van der Waals surface area contributed by atoms with Gasteiger partial charge in [-0.3, -0.25) is 4.79 Å². The maximum atomic E-state index is 11.7. The van der Waals surface area contributed by atoms with Gasteiger partial charge in [-0.15, -0.1) is 0 Å². The Kier molecular flexibility index (Phi) is 5.05. The number of carbonyl (C=O) groups excluding carboxylic acids is 1. The molecule has 1 heterocycles. The van der Waals surface area contributed by atoms with Crippen LogP contribution in [0.5, 0.6) is 0 Å². The van der Waals surface area contributed by atoms with Gasteiger partial charge in [-0.05, 0) is 39.1 Å². The normalized spacial score (nSPS) is 10.4. The van der Waals surface area contributed by atoms with E-state index in [1.165, 1.54) is 0 Å². The van der Waals surface area contributed by atoms with E-state index in [4.69, 9.17) is 4.42 Å². The Hall–Kier alpha value is -1.29. The fraction of sp³-hybridized carbons (Fsp3) is 0.583. The molecule has 0 atom stereocenters. The van der Waals surface area contributed by atoms with Crippen LogP contribution in [-0.4, -0.2) is 31.4 Å². The lowest BCUT2D eigenvalue weighted by molar-refractivity contribution is -0.130. The third-order valence-electron chi connectivity index (χ3n) is 2.43. The van der Waals surface area contributed by atoms with Crippen LogP contribution in [0, 0.1) is 6.92 Å². The third kappa shape index (κ3) is 4.06. The SMILES string of the molecule is CNCCCC(=O)N(C)Cc1ccc(C)o1. The summed E-state index contributed by atoms with van der Waals surface area (Å²) in [6.07, 6.45) is 1.45. The topological polar surface area (TPSA) is 45.5 Å². The highest BCUT2D eigenvalue weighted by Gasteiger charge is 2.10. The molecule has 0 bridgehead atoms. The molecule has 0 aromatic carbocycles. The fourth-order valence-electron chi connectivity index (χ4n) is 1.50. The van der Waals surface area contributed by atoms with Gasteiger partial charge in [0.25, 0.3) is 0 Å². The van der Waals surface area contributed by atoms with Crippen LogP contribution in [0.4, 0.5) is 0 Å². The maximum absolute atomic E-state index is 11.7. The number of carbonyl (C=O) groups is 1. The van der Waals surface area contributed by atoms with Gasteiger partial charge in [0.05, 0.1) is 6.54 Å². The van der Waals surface area contributed by atoms with Crippen LogP contribution in [-0.2, 0) is 11.3 Å². The van der Waals surface area contributed by atoms with Crippen LogP contribution in [0.2, 0.25) is 0 Å². The zero-order valence-electron chi connectivity index (χ0n) is 10.2. The summed E-state index contributed by atoms with van der Waals surface area (Å²) in [5.74, 6) is 1.87. The quantitative estimate of drug-likeness (QED) is 0.746. The van der Waals surface area contributed by atoms with Gasteiger partial charge in [-0.2, -0.15) is 0 Å². The summed E-state index contributed by atoms with van der Waals surface area (Å²) in [5, 5.41) is 3.03. The van der Waals surface area contributed by atoms with Crippen molar-refractivity contribution in [1.82, 2.24) is 10.2 Å². The lowest BCUT2D eigenvalue weighted by Gasteiger charge is -2.15. The monoisotopic (exact) mass is 224 g/mol. The van der Waals surface area contributed by atoms with Crippen molar-refractivity contribution in [2.75, 3.05) is 20.6 Å². The second-order valence-electron chi connectivity index (χ2n) is 3.97. The van der Waals surface area contributed by atoms with Crippen LogP contribution < -0.4 is 5.32 Å². The van der Waals surface area contributed by atoms with E-state index in [2.05, 4.69) is 5.32 Å². The first-order chi connectivity index (χ1) is 7.63. The molecule has 1 aromatic rings. The largest absolute Gasteiger partial charge is 0.464 e. The molecule has 1 aromatic heterocycles. The summed E-state index contributed by atoms with van der Waals surface area (Å²) in [5.41, 5.74) is 0. The highest BCUT2D eigenvalue weighted by Crippen LogP contribution is 2.09. The molecule has 0 aliphatic heterocycles. The summed E-state index contributed by atoms with van der Waals surface area (Å²) >= 11 is 0. The minimum atomic E-state index is 0.157. The molecule has 0 saturated carbocycles. The van der Waals surface area contributed by atoms with E-state index < -0.39 is 0 Å².